The number of nitrogens with zero attached hydrogens (tertiary/aromatic N) is 3. The lowest BCUT2D eigenvalue weighted by Crippen LogP contribution is -2.32. The van der Waals surface area contributed by atoms with Crippen LogP contribution in [0.15, 0.2) is 36.4 Å². The Morgan fingerprint density at radius 1 is 1.09 bits per heavy atom. The molecule has 164 valence electrons. The fourth-order valence-electron chi connectivity index (χ4n) is 3.60. The van der Waals surface area contributed by atoms with Crippen molar-refractivity contribution in [1.29, 1.82) is 0 Å². The largest absolute Gasteiger partial charge is 0.871 e. The number of methoxy groups -OCH3 is 1. The molecule has 0 spiro atoms. The van der Waals surface area contributed by atoms with Gasteiger partial charge in [0.2, 0.25) is 0 Å². The Morgan fingerprint density at radius 2 is 1.75 bits per heavy atom. The minimum atomic E-state index is -1.18. The maximum absolute atomic E-state index is 13.2. The Balaban J connectivity index is 2.03. The van der Waals surface area contributed by atoms with Gasteiger partial charge < -0.3 is 25.2 Å². The summed E-state index contributed by atoms with van der Waals surface area (Å²) in [6.45, 7) is 0.947. The van der Waals surface area contributed by atoms with Crippen LogP contribution in [0.25, 0.3) is 32.8 Å². The molecule has 0 aliphatic carbocycles. The molecule has 3 aromatic carbocycles. The van der Waals surface area contributed by atoms with Crippen LogP contribution < -0.4 is 15.2 Å². The average Bonchev–Trinajstić information content (AvgIpc) is 2.77. The van der Waals surface area contributed by atoms with Crippen molar-refractivity contribution in [2.75, 3.05) is 34.3 Å². The van der Waals surface area contributed by atoms with E-state index in [0.29, 0.717) is 34.9 Å². The molecular formula is C23H21N4O5-. The molecule has 9 heteroatoms. The van der Waals surface area contributed by atoms with Crippen LogP contribution in [0.1, 0.15) is 20.7 Å². The molecule has 0 aliphatic heterocycles. The molecule has 4 rings (SSSR count). The number of rotatable bonds is 6. The first-order valence-corrected chi connectivity index (χ1v) is 9.89. The Kier molecular flexibility index (Phi) is 5.50. The summed E-state index contributed by atoms with van der Waals surface area (Å²) in [7, 11) is 5.13. The zero-order valence-electron chi connectivity index (χ0n) is 17.8. The van der Waals surface area contributed by atoms with E-state index in [-0.39, 0.29) is 27.9 Å². The highest BCUT2D eigenvalue weighted by molar-refractivity contribution is 6.19. The monoisotopic (exact) mass is 433 g/mol. The number of benzene rings is 3. The molecule has 0 aliphatic rings. The zero-order valence-corrected chi connectivity index (χ0v) is 17.8. The summed E-state index contributed by atoms with van der Waals surface area (Å²) in [5, 5.41) is 26.4. The number of carboxylic acid groups (broad SMARTS) is 1. The first-order valence-electron chi connectivity index (χ1n) is 9.89. The van der Waals surface area contributed by atoms with E-state index in [4.69, 9.17) is 4.74 Å². The SMILES string of the molecule is COc1cc2nc3c(nc2cc1C(=O)O)c(C(=O)NCCN(C)C)c([O-])c1ccccc13. The molecule has 1 heterocycles. The van der Waals surface area contributed by atoms with Crippen LogP contribution in [0, 0.1) is 0 Å². The van der Waals surface area contributed by atoms with Gasteiger partial charge in [-0.3, -0.25) is 4.79 Å². The summed E-state index contributed by atoms with van der Waals surface area (Å²) in [5.74, 6) is -2.04. The van der Waals surface area contributed by atoms with Gasteiger partial charge in [0.1, 0.15) is 16.8 Å². The number of aromatic carboxylic acids is 1. The topological polar surface area (TPSA) is 128 Å². The van der Waals surface area contributed by atoms with Crippen molar-refractivity contribution >= 4 is 44.7 Å². The molecule has 1 aromatic heterocycles. The Labute approximate surface area is 183 Å². The van der Waals surface area contributed by atoms with Gasteiger partial charge in [-0.15, -0.1) is 0 Å². The Bertz CT molecular complexity index is 1380. The van der Waals surface area contributed by atoms with Gasteiger partial charge >= 0.3 is 5.97 Å². The zero-order chi connectivity index (χ0) is 23.0. The number of carbonyl (C=O) groups excluding carboxylic acids is 1. The Morgan fingerprint density at radius 3 is 2.41 bits per heavy atom. The maximum Gasteiger partial charge on any atom is 0.339 e. The lowest BCUT2D eigenvalue weighted by atomic mass is 10.0. The third-order valence-electron chi connectivity index (χ3n) is 5.18. The number of amides is 1. The molecule has 2 N–H and O–H groups in total. The summed E-state index contributed by atoms with van der Waals surface area (Å²) in [6, 6.07) is 9.71. The molecule has 32 heavy (non-hydrogen) atoms. The standard InChI is InChI=1S/C23H22N4O5/c1-27(2)9-8-24-22(29)18-20-19(12-6-4-5-7-13(12)21(18)28)25-16-11-17(32-3)14(23(30)31)10-15(16)26-20/h4-7,10-11,28H,8-9H2,1-3H3,(H,24,29)(H,30,31)/p-1. The van der Waals surface area contributed by atoms with Crippen molar-refractivity contribution in [3.05, 3.63) is 47.5 Å². The van der Waals surface area contributed by atoms with E-state index in [2.05, 4.69) is 15.3 Å². The number of hydrogen-bond acceptors (Lipinski definition) is 7. The van der Waals surface area contributed by atoms with Gasteiger partial charge in [-0.05, 0) is 25.5 Å². The van der Waals surface area contributed by atoms with Gasteiger partial charge in [-0.25, -0.2) is 14.8 Å². The molecule has 0 saturated heterocycles. The fourth-order valence-corrected chi connectivity index (χ4v) is 3.60. The van der Waals surface area contributed by atoms with E-state index in [1.165, 1.54) is 19.2 Å². The lowest BCUT2D eigenvalue weighted by Gasteiger charge is -2.20. The van der Waals surface area contributed by atoms with Crippen molar-refractivity contribution in [3.63, 3.8) is 0 Å². The van der Waals surface area contributed by atoms with Crippen molar-refractivity contribution < 1.29 is 24.5 Å². The summed E-state index contributed by atoms with van der Waals surface area (Å²) in [6.07, 6.45) is 0. The third-order valence-corrected chi connectivity index (χ3v) is 5.18. The van der Waals surface area contributed by atoms with Crippen LogP contribution in [0.2, 0.25) is 0 Å². The summed E-state index contributed by atoms with van der Waals surface area (Å²) >= 11 is 0. The van der Waals surface area contributed by atoms with Crippen LogP contribution in [-0.2, 0) is 0 Å². The van der Waals surface area contributed by atoms with Crippen molar-refractivity contribution in [1.82, 2.24) is 20.2 Å². The number of carbonyl (C=O) groups is 2. The normalized spacial score (nSPS) is 11.4. The van der Waals surface area contributed by atoms with Crippen LogP contribution >= 0.6 is 0 Å². The lowest BCUT2D eigenvalue weighted by molar-refractivity contribution is -0.266. The molecule has 0 bridgehead atoms. The molecule has 9 nitrogen and oxygen atoms in total. The number of nitrogens with one attached hydrogen (secondary N) is 1. The Hall–Kier alpha value is -3.98. The van der Waals surface area contributed by atoms with Crippen molar-refractivity contribution in [2.24, 2.45) is 0 Å². The molecule has 1 amide bonds. The number of aromatic nitrogens is 2. The minimum absolute atomic E-state index is 0.0891. The van der Waals surface area contributed by atoms with Crippen LogP contribution in [0.4, 0.5) is 0 Å². The highest BCUT2D eigenvalue weighted by Gasteiger charge is 2.20. The van der Waals surface area contributed by atoms with E-state index >= 15 is 0 Å². The maximum atomic E-state index is 13.2. The van der Waals surface area contributed by atoms with Gasteiger partial charge in [0.05, 0.1) is 29.2 Å². The molecular weight excluding hydrogens is 412 g/mol. The smallest absolute Gasteiger partial charge is 0.339 e. The quantitative estimate of drug-likeness (QED) is 0.349. The number of likely N-dealkylation sites (N-methyl/N-ethyl adjacent to an activating group) is 1. The van der Waals surface area contributed by atoms with E-state index in [0.717, 1.165) is 0 Å². The van der Waals surface area contributed by atoms with Gasteiger partial charge in [0.15, 0.2) is 0 Å². The predicted octanol–water partition coefficient (Wildman–Crippen LogP) is 2.01. The van der Waals surface area contributed by atoms with Crippen LogP contribution in [0.5, 0.6) is 11.5 Å². The molecule has 0 radical (unpaired) electrons. The van der Waals surface area contributed by atoms with Gasteiger partial charge in [0, 0.05) is 24.5 Å². The van der Waals surface area contributed by atoms with Crippen LogP contribution in [0.3, 0.4) is 0 Å². The summed E-state index contributed by atoms with van der Waals surface area (Å²) in [5.41, 5.74) is 0.948. The van der Waals surface area contributed by atoms with E-state index < -0.39 is 17.6 Å². The third kappa shape index (κ3) is 3.63. The second-order valence-corrected chi connectivity index (χ2v) is 7.58. The number of ether oxygens (including phenoxy) is 1. The van der Waals surface area contributed by atoms with Crippen molar-refractivity contribution in [2.45, 2.75) is 0 Å². The summed E-state index contributed by atoms with van der Waals surface area (Å²) < 4.78 is 5.19. The molecule has 0 unspecified atom stereocenters. The van der Waals surface area contributed by atoms with E-state index in [1.54, 1.807) is 24.3 Å². The molecule has 0 saturated carbocycles. The molecule has 4 aromatic rings. The van der Waals surface area contributed by atoms with Crippen LogP contribution in [-0.4, -0.2) is 66.1 Å². The second kappa shape index (κ2) is 8.27. The van der Waals surface area contributed by atoms with E-state index in [9.17, 15) is 19.8 Å². The van der Waals surface area contributed by atoms with E-state index in [1.807, 2.05) is 19.0 Å². The number of carboxylic acids is 1. The number of fused-ring (bicyclic) bond motifs is 4. The summed E-state index contributed by atoms with van der Waals surface area (Å²) in [4.78, 5) is 35.7. The predicted molar refractivity (Wildman–Crippen MR) is 118 cm³/mol. The molecule has 0 fully saturated rings. The second-order valence-electron chi connectivity index (χ2n) is 7.58. The first kappa shape index (κ1) is 21.3. The van der Waals surface area contributed by atoms with Gasteiger partial charge in [-0.2, -0.15) is 0 Å². The van der Waals surface area contributed by atoms with Gasteiger partial charge in [0.25, 0.3) is 5.91 Å². The average molecular weight is 433 g/mol. The molecule has 0 atom stereocenters. The van der Waals surface area contributed by atoms with Crippen molar-refractivity contribution in [3.8, 4) is 11.5 Å². The highest BCUT2D eigenvalue weighted by atomic mass is 16.5. The highest BCUT2D eigenvalue weighted by Crippen LogP contribution is 2.35. The van der Waals surface area contributed by atoms with Gasteiger partial charge in [-0.1, -0.05) is 30.0 Å². The fraction of sp³-hybridized carbons (Fsp3) is 0.217. The minimum Gasteiger partial charge on any atom is -0.871 e. The first-order chi connectivity index (χ1) is 15.3. The number of hydrogen-bond donors (Lipinski definition) is 2.